The number of esters is 2. The van der Waals surface area contributed by atoms with Gasteiger partial charge in [0.2, 0.25) is 0 Å². The van der Waals surface area contributed by atoms with Gasteiger partial charge in [-0.3, -0.25) is 18.6 Å². The molecule has 0 spiro atoms. The summed E-state index contributed by atoms with van der Waals surface area (Å²) in [6.45, 7) is 3.27. The highest BCUT2D eigenvalue weighted by Crippen LogP contribution is 2.47. The fourth-order valence-corrected chi connectivity index (χ4v) is 8.17. The second-order valence-electron chi connectivity index (χ2n) is 16.6. The molecule has 0 saturated heterocycles. The van der Waals surface area contributed by atoms with E-state index in [9.17, 15) is 44.6 Å². The standard InChI is InChI=1S/C46H85O13P/c1-3-5-7-9-11-13-15-17-19-21-22-24-26-28-30-32-34-39(47)56-36-38(37-57-60(54,55)59-46-44(52)42(50)41(49)43(51)45(46)53)58-40(48)35-33-31-29-27-25-23-20-18-16-14-12-10-8-6-4-2/h12,14,18,20,38,41-46,49-53H,3-11,13,15-17,19,21-37H2,1-2H3,(H,54,55)/b14-12-,20-18-. The van der Waals surface area contributed by atoms with Crippen LogP contribution in [0.1, 0.15) is 200 Å². The molecule has 1 fully saturated rings. The minimum atomic E-state index is -5.12. The van der Waals surface area contributed by atoms with Gasteiger partial charge >= 0.3 is 19.8 Å². The molecule has 13 nitrogen and oxygen atoms in total. The normalized spacial score (nSPS) is 22.3. The second-order valence-corrected chi connectivity index (χ2v) is 18.0. The molecule has 0 amide bonds. The van der Waals surface area contributed by atoms with E-state index in [0.29, 0.717) is 12.8 Å². The maximum Gasteiger partial charge on any atom is 0.472 e. The maximum absolute atomic E-state index is 12.8. The van der Waals surface area contributed by atoms with Crippen molar-refractivity contribution in [2.75, 3.05) is 13.2 Å². The number of ether oxygens (including phenoxy) is 2. The van der Waals surface area contributed by atoms with Gasteiger partial charge in [0.1, 0.15) is 43.2 Å². The molecule has 0 radical (unpaired) electrons. The van der Waals surface area contributed by atoms with Crippen LogP contribution >= 0.6 is 7.82 Å². The first-order valence-electron chi connectivity index (χ1n) is 23.6. The van der Waals surface area contributed by atoms with Crippen molar-refractivity contribution >= 4 is 19.8 Å². The Balaban J connectivity index is 2.45. The molecule has 1 saturated carbocycles. The van der Waals surface area contributed by atoms with Gasteiger partial charge in [-0.15, -0.1) is 0 Å². The predicted octanol–water partition coefficient (Wildman–Crippen LogP) is 9.23. The quantitative estimate of drug-likeness (QED) is 0.0147. The molecular weight excluding hydrogens is 791 g/mol. The summed E-state index contributed by atoms with van der Waals surface area (Å²) in [7, 11) is -5.12. The van der Waals surface area contributed by atoms with Gasteiger partial charge in [0.05, 0.1) is 6.61 Å². The van der Waals surface area contributed by atoms with Crippen molar-refractivity contribution in [3.63, 3.8) is 0 Å². The summed E-state index contributed by atoms with van der Waals surface area (Å²) in [4.78, 5) is 35.7. The Labute approximate surface area is 362 Å². The van der Waals surface area contributed by atoms with Gasteiger partial charge in [-0.25, -0.2) is 4.57 Å². The number of aliphatic hydroxyl groups excluding tert-OH is 5. The van der Waals surface area contributed by atoms with Crippen molar-refractivity contribution in [2.24, 2.45) is 0 Å². The number of hydrogen-bond acceptors (Lipinski definition) is 12. The SMILES string of the molecule is CCCCC/C=C\C/C=C\CCCCCCCC(=O)OC(COC(=O)CCCCCCCCCCCCCCCCCC)COP(=O)(O)OC1C(O)C(O)C(O)C(O)C1O. The topological polar surface area (TPSA) is 210 Å². The molecule has 1 aliphatic carbocycles. The first kappa shape index (κ1) is 56.3. The van der Waals surface area contributed by atoms with Gasteiger partial charge in [0.25, 0.3) is 0 Å². The molecule has 60 heavy (non-hydrogen) atoms. The van der Waals surface area contributed by atoms with Crippen molar-refractivity contribution in [3.05, 3.63) is 24.3 Å². The van der Waals surface area contributed by atoms with Crippen LogP contribution in [0.2, 0.25) is 0 Å². The average Bonchev–Trinajstić information content (AvgIpc) is 3.23. The molecule has 6 unspecified atom stereocenters. The average molecular weight is 877 g/mol. The van der Waals surface area contributed by atoms with Crippen LogP contribution in [0.25, 0.3) is 0 Å². The first-order chi connectivity index (χ1) is 28.9. The van der Waals surface area contributed by atoms with Gasteiger partial charge in [-0.05, 0) is 44.9 Å². The van der Waals surface area contributed by atoms with Crippen LogP contribution in [0.4, 0.5) is 0 Å². The molecule has 6 N–H and O–H groups in total. The van der Waals surface area contributed by atoms with Crippen LogP contribution in [-0.4, -0.2) is 98.3 Å². The zero-order valence-corrected chi connectivity index (χ0v) is 38.2. The molecule has 0 aromatic carbocycles. The van der Waals surface area contributed by atoms with E-state index in [4.69, 9.17) is 18.5 Å². The Morgan fingerprint density at radius 3 is 1.38 bits per heavy atom. The fourth-order valence-electron chi connectivity index (χ4n) is 7.20. The molecular formula is C46H85O13P. The number of phosphoric acid groups is 1. The summed E-state index contributed by atoms with van der Waals surface area (Å²) in [5, 5.41) is 50.1. The van der Waals surface area contributed by atoms with Gasteiger partial charge in [0, 0.05) is 12.8 Å². The summed E-state index contributed by atoms with van der Waals surface area (Å²) in [5.41, 5.74) is 0. The van der Waals surface area contributed by atoms with Crippen molar-refractivity contribution in [1.82, 2.24) is 0 Å². The molecule has 0 bridgehead atoms. The van der Waals surface area contributed by atoms with Crippen molar-refractivity contribution in [1.29, 1.82) is 0 Å². The summed E-state index contributed by atoms with van der Waals surface area (Å²) in [5.74, 6) is -1.11. The molecule has 6 atom stereocenters. The van der Waals surface area contributed by atoms with Crippen LogP contribution < -0.4 is 0 Å². The van der Waals surface area contributed by atoms with Crippen LogP contribution in [0.5, 0.6) is 0 Å². The molecule has 1 aliphatic rings. The van der Waals surface area contributed by atoms with Crippen LogP contribution in [0, 0.1) is 0 Å². The van der Waals surface area contributed by atoms with E-state index in [1.165, 1.54) is 96.3 Å². The van der Waals surface area contributed by atoms with E-state index in [0.717, 1.165) is 64.2 Å². The third kappa shape index (κ3) is 28.8. The lowest BCUT2D eigenvalue weighted by atomic mass is 9.85. The van der Waals surface area contributed by atoms with E-state index < -0.39 is 75.7 Å². The van der Waals surface area contributed by atoms with Crippen LogP contribution in [0.3, 0.4) is 0 Å². The Hall–Kier alpha value is -1.67. The molecule has 352 valence electrons. The van der Waals surface area contributed by atoms with Gasteiger partial charge in [-0.1, -0.05) is 167 Å². The van der Waals surface area contributed by atoms with E-state index in [1.54, 1.807) is 0 Å². The number of phosphoric ester groups is 1. The minimum Gasteiger partial charge on any atom is -0.462 e. The van der Waals surface area contributed by atoms with Crippen LogP contribution in [0.15, 0.2) is 24.3 Å². The summed E-state index contributed by atoms with van der Waals surface area (Å²) in [6, 6.07) is 0. The Bertz CT molecular complexity index is 1150. The zero-order valence-electron chi connectivity index (χ0n) is 37.3. The third-order valence-electron chi connectivity index (χ3n) is 11.0. The minimum absolute atomic E-state index is 0.0833. The summed E-state index contributed by atoms with van der Waals surface area (Å²) >= 11 is 0. The lowest BCUT2D eigenvalue weighted by Gasteiger charge is -2.41. The molecule has 0 aliphatic heterocycles. The highest BCUT2D eigenvalue weighted by molar-refractivity contribution is 7.47. The number of unbranched alkanes of at least 4 members (excludes halogenated alkanes) is 23. The Kier molecular flexibility index (Phi) is 34.5. The largest absolute Gasteiger partial charge is 0.472 e. The summed E-state index contributed by atoms with van der Waals surface area (Å²) in [6.07, 6.45) is 26.6. The zero-order chi connectivity index (χ0) is 44.3. The smallest absolute Gasteiger partial charge is 0.462 e. The summed E-state index contributed by atoms with van der Waals surface area (Å²) < 4.78 is 33.5. The van der Waals surface area contributed by atoms with Crippen molar-refractivity contribution in [2.45, 2.75) is 243 Å². The molecule has 1 rings (SSSR count). The number of hydrogen-bond donors (Lipinski definition) is 6. The number of rotatable bonds is 39. The van der Waals surface area contributed by atoms with E-state index >= 15 is 0 Å². The highest BCUT2D eigenvalue weighted by atomic mass is 31.2. The van der Waals surface area contributed by atoms with E-state index in [-0.39, 0.29) is 12.8 Å². The molecule has 0 heterocycles. The molecule has 0 aromatic rings. The molecule has 0 aromatic heterocycles. The fraction of sp³-hybridized carbons (Fsp3) is 0.870. The number of aliphatic hydroxyl groups is 5. The lowest BCUT2D eigenvalue weighted by molar-refractivity contribution is -0.220. The van der Waals surface area contributed by atoms with Crippen molar-refractivity contribution in [3.8, 4) is 0 Å². The third-order valence-corrected chi connectivity index (χ3v) is 12.0. The molecule has 14 heteroatoms. The first-order valence-corrected chi connectivity index (χ1v) is 25.1. The second kappa shape index (κ2) is 36.8. The number of allylic oxidation sites excluding steroid dienone is 4. The van der Waals surface area contributed by atoms with Gasteiger partial charge in [-0.2, -0.15) is 0 Å². The predicted molar refractivity (Wildman–Crippen MR) is 235 cm³/mol. The van der Waals surface area contributed by atoms with Crippen LogP contribution in [-0.2, 0) is 32.7 Å². The van der Waals surface area contributed by atoms with Crippen molar-refractivity contribution < 1.29 is 63.1 Å². The maximum atomic E-state index is 12.8. The number of carbonyl (C=O) groups excluding carboxylic acids is 2. The number of carbonyl (C=O) groups is 2. The lowest BCUT2D eigenvalue weighted by Crippen LogP contribution is -2.64. The Morgan fingerprint density at radius 1 is 0.517 bits per heavy atom. The monoisotopic (exact) mass is 877 g/mol. The van der Waals surface area contributed by atoms with E-state index in [2.05, 4.69) is 38.2 Å². The Morgan fingerprint density at radius 2 is 0.900 bits per heavy atom. The van der Waals surface area contributed by atoms with Gasteiger partial charge in [0.15, 0.2) is 6.10 Å². The van der Waals surface area contributed by atoms with E-state index in [1.807, 2.05) is 0 Å². The van der Waals surface area contributed by atoms with Gasteiger partial charge < -0.3 is 39.9 Å². The highest BCUT2D eigenvalue weighted by Gasteiger charge is 2.51.